The van der Waals surface area contributed by atoms with Crippen LogP contribution in [0, 0.1) is 11.8 Å². The maximum atomic E-state index is 11.3. The molecular weight excluding hydrogens is 318 g/mol. The normalized spacial score (nSPS) is 15.3. The number of hydrogen-bond donors (Lipinski definition) is 2. The van der Waals surface area contributed by atoms with Gasteiger partial charge in [0.05, 0.1) is 24.2 Å². The standard InChI is InChI=1S/C17H24ClNO4/c1-11(2)6-13(17(20)21)10-19-9-12-7-14(18)16-15(8-12)22-4-3-5-23-16/h7-8,11,13,19H,3-6,9-10H2,1-2H3,(H,20,21). The molecule has 0 bridgehead atoms. The first kappa shape index (κ1) is 17.9. The number of fused-ring (bicyclic) bond motifs is 1. The van der Waals surface area contributed by atoms with Crippen LogP contribution in [0.4, 0.5) is 0 Å². The van der Waals surface area contributed by atoms with Gasteiger partial charge < -0.3 is 19.9 Å². The van der Waals surface area contributed by atoms with E-state index in [1.165, 1.54) is 0 Å². The zero-order valence-corrected chi connectivity index (χ0v) is 14.4. The molecule has 0 saturated carbocycles. The van der Waals surface area contributed by atoms with Gasteiger partial charge in [0.2, 0.25) is 0 Å². The van der Waals surface area contributed by atoms with Crippen LogP contribution in [0.25, 0.3) is 0 Å². The van der Waals surface area contributed by atoms with E-state index in [-0.39, 0.29) is 5.92 Å². The first-order chi connectivity index (χ1) is 11.0. The topological polar surface area (TPSA) is 67.8 Å². The number of carboxylic acids is 1. The Morgan fingerprint density at radius 2 is 2.09 bits per heavy atom. The smallest absolute Gasteiger partial charge is 0.307 e. The van der Waals surface area contributed by atoms with E-state index in [2.05, 4.69) is 5.32 Å². The van der Waals surface area contributed by atoms with Crippen LogP contribution >= 0.6 is 11.6 Å². The molecule has 6 heteroatoms. The molecule has 128 valence electrons. The Bertz CT molecular complexity index is 548. The van der Waals surface area contributed by atoms with Crippen molar-refractivity contribution in [1.82, 2.24) is 5.32 Å². The number of rotatable bonds is 7. The van der Waals surface area contributed by atoms with E-state index in [4.69, 9.17) is 21.1 Å². The fraction of sp³-hybridized carbons (Fsp3) is 0.588. The van der Waals surface area contributed by atoms with Crippen LogP contribution in [0.2, 0.25) is 5.02 Å². The van der Waals surface area contributed by atoms with Gasteiger partial charge in [-0.1, -0.05) is 25.4 Å². The highest BCUT2D eigenvalue weighted by molar-refractivity contribution is 6.32. The molecule has 0 aliphatic carbocycles. The minimum absolute atomic E-state index is 0.352. The number of aliphatic carboxylic acids is 1. The first-order valence-electron chi connectivity index (χ1n) is 7.99. The van der Waals surface area contributed by atoms with Gasteiger partial charge in [-0.2, -0.15) is 0 Å². The highest BCUT2D eigenvalue weighted by Crippen LogP contribution is 2.37. The summed E-state index contributed by atoms with van der Waals surface area (Å²) in [5.41, 5.74) is 0.952. The van der Waals surface area contributed by atoms with E-state index in [0.29, 0.717) is 55.2 Å². The van der Waals surface area contributed by atoms with Crippen LogP contribution in [0.5, 0.6) is 11.5 Å². The summed E-state index contributed by atoms with van der Waals surface area (Å²) in [6, 6.07) is 3.73. The number of hydrogen-bond acceptors (Lipinski definition) is 4. The fourth-order valence-corrected chi connectivity index (χ4v) is 2.91. The molecular formula is C17H24ClNO4. The predicted octanol–water partition coefficient (Wildman–Crippen LogP) is 3.34. The zero-order chi connectivity index (χ0) is 16.8. The van der Waals surface area contributed by atoms with Crippen LogP contribution in [-0.2, 0) is 11.3 Å². The van der Waals surface area contributed by atoms with Crippen LogP contribution < -0.4 is 14.8 Å². The van der Waals surface area contributed by atoms with Crippen molar-refractivity contribution in [2.45, 2.75) is 33.2 Å². The molecule has 2 N–H and O–H groups in total. The summed E-state index contributed by atoms with van der Waals surface area (Å²) < 4.78 is 11.3. The van der Waals surface area contributed by atoms with E-state index in [1.807, 2.05) is 26.0 Å². The average Bonchev–Trinajstić information content (AvgIpc) is 2.71. The zero-order valence-electron chi connectivity index (χ0n) is 13.6. The molecule has 0 radical (unpaired) electrons. The quantitative estimate of drug-likeness (QED) is 0.796. The Morgan fingerprint density at radius 1 is 1.35 bits per heavy atom. The second-order valence-corrected chi connectivity index (χ2v) is 6.66. The monoisotopic (exact) mass is 341 g/mol. The van der Waals surface area contributed by atoms with Gasteiger partial charge >= 0.3 is 5.97 Å². The van der Waals surface area contributed by atoms with Crippen molar-refractivity contribution in [1.29, 1.82) is 0 Å². The van der Waals surface area contributed by atoms with Crippen molar-refractivity contribution in [3.05, 3.63) is 22.7 Å². The van der Waals surface area contributed by atoms with E-state index >= 15 is 0 Å². The molecule has 1 heterocycles. The van der Waals surface area contributed by atoms with Gasteiger partial charge in [0, 0.05) is 19.5 Å². The van der Waals surface area contributed by atoms with Gasteiger partial charge in [0.15, 0.2) is 11.5 Å². The molecule has 1 unspecified atom stereocenters. The highest BCUT2D eigenvalue weighted by Gasteiger charge is 2.19. The SMILES string of the molecule is CC(C)CC(CNCc1cc(Cl)c2c(c1)OCCCO2)C(=O)O. The lowest BCUT2D eigenvalue weighted by atomic mass is 9.97. The van der Waals surface area contributed by atoms with Crippen LogP contribution in [0.15, 0.2) is 12.1 Å². The summed E-state index contributed by atoms with van der Waals surface area (Å²) in [6.45, 7) is 6.23. The lowest BCUT2D eigenvalue weighted by Crippen LogP contribution is -2.29. The molecule has 2 rings (SSSR count). The molecule has 1 aromatic carbocycles. The van der Waals surface area contributed by atoms with Crippen molar-refractivity contribution < 1.29 is 19.4 Å². The second-order valence-electron chi connectivity index (χ2n) is 6.25. The predicted molar refractivity (Wildman–Crippen MR) is 89.3 cm³/mol. The minimum atomic E-state index is -0.761. The number of benzene rings is 1. The van der Waals surface area contributed by atoms with Gasteiger partial charge in [-0.05, 0) is 30.0 Å². The summed E-state index contributed by atoms with van der Waals surface area (Å²) >= 11 is 6.25. The van der Waals surface area contributed by atoms with Gasteiger partial charge in [-0.15, -0.1) is 0 Å². The van der Waals surface area contributed by atoms with Crippen molar-refractivity contribution in [2.75, 3.05) is 19.8 Å². The van der Waals surface area contributed by atoms with Crippen molar-refractivity contribution in [3.8, 4) is 11.5 Å². The largest absolute Gasteiger partial charge is 0.489 e. The third-order valence-corrected chi connectivity index (χ3v) is 3.97. The number of carboxylic acid groups (broad SMARTS) is 1. The molecule has 0 fully saturated rings. The molecule has 1 atom stereocenters. The molecule has 23 heavy (non-hydrogen) atoms. The Hall–Kier alpha value is -1.46. The van der Waals surface area contributed by atoms with E-state index in [1.54, 1.807) is 0 Å². The Morgan fingerprint density at radius 3 is 2.78 bits per heavy atom. The van der Waals surface area contributed by atoms with Crippen LogP contribution in [-0.4, -0.2) is 30.8 Å². The van der Waals surface area contributed by atoms with Gasteiger partial charge in [-0.3, -0.25) is 4.79 Å². The number of carbonyl (C=O) groups is 1. The Labute approximate surface area is 141 Å². The maximum absolute atomic E-state index is 11.3. The maximum Gasteiger partial charge on any atom is 0.307 e. The highest BCUT2D eigenvalue weighted by atomic mass is 35.5. The Balaban J connectivity index is 1.96. The van der Waals surface area contributed by atoms with E-state index < -0.39 is 5.97 Å². The van der Waals surface area contributed by atoms with Crippen molar-refractivity contribution >= 4 is 17.6 Å². The molecule has 1 aliphatic heterocycles. The molecule has 0 spiro atoms. The number of ether oxygens (including phenoxy) is 2. The fourth-order valence-electron chi connectivity index (χ4n) is 2.62. The summed E-state index contributed by atoms with van der Waals surface area (Å²) in [4.78, 5) is 11.3. The summed E-state index contributed by atoms with van der Waals surface area (Å²) in [7, 11) is 0. The Kier molecular flexibility index (Phi) is 6.54. The van der Waals surface area contributed by atoms with Gasteiger partial charge in [-0.25, -0.2) is 0 Å². The third kappa shape index (κ3) is 5.29. The van der Waals surface area contributed by atoms with E-state index in [0.717, 1.165) is 12.0 Å². The lowest BCUT2D eigenvalue weighted by molar-refractivity contribution is -0.142. The van der Waals surface area contributed by atoms with Crippen LogP contribution in [0.3, 0.4) is 0 Å². The van der Waals surface area contributed by atoms with Crippen LogP contribution in [0.1, 0.15) is 32.3 Å². The summed E-state index contributed by atoms with van der Waals surface area (Å²) in [6.07, 6.45) is 1.48. The average molecular weight is 342 g/mol. The second kappa shape index (κ2) is 8.41. The molecule has 5 nitrogen and oxygen atoms in total. The summed E-state index contributed by atoms with van der Waals surface area (Å²) in [5.74, 6) is 0.457. The van der Waals surface area contributed by atoms with E-state index in [9.17, 15) is 9.90 Å². The minimum Gasteiger partial charge on any atom is -0.489 e. The molecule has 0 amide bonds. The first-order valence-corrected chi connectivity index (χ1v) is 8.36. The third-order valence-electron chi connectivity index (χ3n) is 3.69. The number of halogens is 1. The lowest BCUT2D eigenvalue weighted by Gasteiger charge is -2.16. The molecule has 0 saturated heterocycles. The molecule has 0 aromatic heterocycles. The molecule has 1 aliphatic rings. The van der Waals surface area contributed by atoms with Gasteiger partial charge in [0.1, 0.15) is 0 Å². The van der Waals surface area contributed by atoms with Crippen molar-refractivity contribution in [2.24, 2.45) is 11.8 Å². The molecule has 1 aromatic rings. The number of nitrogens with one attached hydrogen (secondary N) is 1. The van der Waals surface area contributed by atoms with Gasteiger partial charge in [0.25, 0.3) is 0 Å². The van der Waals surface area contributed by atoms with Crippen molar-refractivity contribution in [3.63, 3.8) is 0 Å². The summed E-state index contributed by atoms with van der Waals surface area (Å²) in [5, 5.41) is 13.0.